The van der Waals surface area contributed by atoms with Gasteiger partial charge in [-0.1, -0.05) is 6.42 Å². The molecule has 7 heteroatoms. The fraction of sp³-hybridized carbons (Fsp3) is 0.579. The number of hydrogen-bond acceptors (Lipinski definition) is 6. The van der Waals surface area contributed by atoms with Crippen molar-refractivity contribution in [3.63, 3.8) is 0 Å². The third-order valence-corrected chi connectivity index (χ3v) is 3.97. The molecule has 0 saturated carbocycles. The maximum atomic E-state index is 12.0. The molecule has 0 radical (unpaired) electrons. The molecule has 0 saturated heterocycles. The summed E-state index contributed by atoms with van der Waals surface area (Å²) in [6, 6.07) is 3.70. The van der Waals surface area contributed by atoms with Gasteiger partial charge in [0.2, 0.25) is 11.7 Å². The fourth-order valence-electron chi connectivity index (χ4n) is 2.53. The lowest BCUT2D eigenvalue weighted by atomic mass is 10.1. The van der Waals surface area contributed by atoms with Crippen molar-refractivity contribution in [2.75, 3.05) is 35.0 Å². The molecule has 0 unspecified atom stereocenters. The van der Waals surface area contributed by atoms with Crippen molar-refractivity contribution in [3.8, 4) is 17.2 Å². The van der Waals surface area contributed by atoms with Crippen molar-refractivity contribution in [1.29, 1.82) is 0 Å². The summed E-state index contributed by atoms with van der Waals surface area (Å²) in [7, 11) is 6.07. The molecular formula is C19H29NO6. The molecule has 0 aliphatic rings. The topological polar surface area (TPSA) is 83.1 Å². The van der Waals surface area contributed by atoms with Crippen LogP contribution >= 0.6 is 0 Å². The second-order valence-corrected chi connectivity index (χ2v) is 5.77. The van der Waals surface area contributed by atoms with Crippen LogP contribution in [0.25, 0.3) is 0 Å². The molecule has 1 amide bonds. The predicted octanol–water partition coefficient (Wildman–Crippen LogP) is 2.49. The zero-order valence-electron chi connectivity index (χ0n) is 16.1. The van der Waals surface area contributed by atoms with Gasteiger partial charge in [-0.3, -0.25) is 9.59 Å². The summed E-state index contributed by atoms with van der Waals surface area (Å²) in [4.78, 5) is 22.9. The number of carbonyl (C=O) groups is 2. The van der Waals surface area contributed by atoms with Gasteiger partial charge < -0.3 is 24.3 Å². The first kappa shape index (κ1) is 21.6. The van der Waals surface area contributed by atoms with E-state index in [1.165, 1.54) is 7.11 Å². The van der Waals surface area contributed by atoms with Crippen LogP contribution in [0, 0.1) is 0 Å². The lowest BCUT2D eigenvalue weighted by Gasteiger charge is -2.14. The van der Waals surface area contributed by atoms with Gasteiger partial charge in [-0.05, 0) is 37.0 Å². The highest BCUT2D eigenvalue weighted by Crippen LogP contribution is 2.38. The van der Waals surface area contributed by atoms with E-state index in [-0.39, 0.29) is 11.9 Å². The molecule has 1 aromatic carbocycles. The van der Waals surface area contributed by atoms with Crippen LogP contribution in [0.5, 0.6) is 17.2 Å². The second-order valence-electron chi connectivity index (χ2n) is 5.77. The van der Waals surface area contributed by atoms with Crippen LogP contribution in [0.1, 0.15) is 37.7 Å². The Morgan fingerprint density at radius 2 is 1.54 bits per heavy atom. The third-order valence-electron chi connectivity index (χ3n) is 3.97. The average Bonchev–Trinajstić information content (AvgIpc) is 2.67. The van der Waals surface area contributed by atoms with E-state index < -0.39 is 0 Å². The summed E-state index contributed by atoms with van der Waals surface area (Å²) in [5, 5.41) is 2.89. The number of unbranched alkanes of at least 4 members (excludes halogenated alkanes) is 2. The molecule has 7 nitrogen and oxygen atoms in total. The minimum Gasteiger partial charge on any atom is -0.493 e. The summed E-state index contributed by atoms with van der Waals surface area (Å²) < 4.78 is 20.5. The van der Waals surface area contributed by atoms with Crippen LogP contribution in [-0.4, -0.2) is 46.9 Å². The van der Waals surface area contributed by atoms with Gasteiger partial charge in [0.15, 0.2) is 11.5 Å². The summed E-state index contributed by atoms with van der Waals surface area (Å²) in [6.45, 7) is 0.606. The van der Waals surface area contributed by atoms with E-state index in [2.05, 4.69) is 10.1 Å². The van der Waals surface area contributed by atoms with E-state index in [1.54, 1.807) is 21.3 Å². The first-order chi connectivity index (χ1) is 12.5. The Morgan fingerprint density at radius 3 is 2.08 bits per heavy atom. The van der Waals surface area contributed by atoms with Gasteiger partial charge in [0, 0.05) is 19.4 Å². The fourth-order valence-corrected chi connectivity index (χ4v) is 2.53. The Hall–Kier alpha value is -2.44. The van der Waals surface area contributed by atoms with Crippen molar-refractivity contribution in [2.45, 2.75) is 38.5 Å². The molecule has 1 aromatic rings. The first-order valence-corrected chi connectivity index (χ1v) is 8.68. The summed E-state index contributed by atoms with van der Waals surface area (Å²) >= 11 is 0. The molecule has 0 spiro atoms. The van der Waals surface area contributed by atoms with Crippen molar-refractivity contribution >= 4 is 11.9 Å². The van der Waals surface area contributed by atoms with E-state index in [0.29, 0.717) is 43.1 Å². The number of carbonyl (C=O) groups excluding carboxylic acids is 2. The molecule has 0 atom stereocenters. The van der Waals surface area contributed by atoms with Crippen LogP contribution in [0.3, 0.4) is 0 Å². The molecule has 0 heterocycles. The summed E-state index contributed by atoms with van der Waals surface area (Å²) in [5.74, 6) is 1.49. The molecule has 0 aromatic heterocycles. The highest BCUT2D eigenvalue weighted by atomic mass is 16.5. The van der Waals surface area contributed by atoms with Crippen LogP contribution in [0.2, 0.25) is 0 Å². The SMILES string of the molecule is COC(=O)CCCCCNC(=O)CCc1cc(OC)c(OC)c(OC)c1. The van der Waals surface area contributed by atoms with E-state index in [0.717, 1.165) is 24.8 Å². The Morgan fingerprint density at radius 1 is 0.885 bits per heavy atom. The Balaban J connectivity index is 2.37. The number of methoxy groups -OCH3 is 4. The van der Waals surface area contributed by atoms with Crippen LogP contribution in [0.4, 0.5) is 0 Å². The molecule has 26 heavy (non-hydrogen) atoms. The monoisotopic (exact) mass is 367 g/mol. The van der Waals surface area contributed by atoms with Crippen LogP contribution < -0.4 is 19.5 Å². The number of benzene rings is 1. The zero-order valence-corrected chi connectivity index (χ0v) is 16.1. The first-order valence-electron chi connectivity index (χ1n) is 8.68. The minimum atomic E-state index is -0.195. The van der Waals surface area contributed by atoms with Gasteiger partial charge in [0.25, 0.3) is 0 Å². The number of rotatable bonds is 12. The number of aryl methyl sites for hydroxylation is 1. The van der Waals surface area contributed by atoms with E-state index in [1.807, 2.05) is 12.1 Å². The van der Waals surface area contributed by atoms with Gasteiger partial charge >= 0.3 is 5.97 Å². The Labute approximate surface area is 155 Å². The van der Waals surface area contributed by atoms with Crippen LogP contribution in [-0.2, 0) is 20.7 Å². The molecule has 0 bridgehead atoms. The van der Waals surface area contributed by atoms with E-state index >= 15 is 0 Å². The normalized spacial score (nSPS) is 10.2. The maximum absolute atomic E-state index is 12.0. The molecule has 146 valence electrons. The molecule has 1 N–H and O–H groups in total. The summed E-state index contributed by atoms with van der Waals surface area (Å²) in [6.07, 6.45) is 3.86. The van der Waals surface area contributed by atoms with Gasteiger partial charge in [0.05, 0.1) is 28.4 Å². The molecule has 0 aliphatic heterocycles. The Bertz CT molecular complexity index is 562. The van der Waals surface area contributed by atoms with Gasteiger partial charge in [-0.25, -0.2) is 0 Å². The van der Waals surface area contributed by atoms with Crippen molar-refractivity contribution in [1.82, 2.24) is 5.32 Å². The lowest BCUT2D eigenvalue weighted by molar-refractivity contribution is -0.140. The molecule has 0 aliphatic carbocycles. The molecule has 1 rings (SSSR count). The number of esters is 1. The van der Waals surface area contributed by atoms with Gasteiger partial charge in [0.1, 0.15) is 0 Å². The number of ether oxygens (including phenoxy) is 4. The quantitative estimate of drug-likeness (QED) is 0.451. The lowest BCUT2D eigenvalue weighted by Crippen LogP contribution is -2.24. The van der Waals surface area contributed by atoms with Crippen LogP contribution in [0.15, 0.2) is 12.1 Å². The smallest absolute Gasteiger partial charge is 0.305 e. The standard InChI is InChI=1S/C19H29NO6/c1-23-15-12-14(13-16(24-2)19(15)26-4)9-10-17(21)20-11-7-5-6-8-18(22)25-3/h12-13H,5-11H2,1-4H3,(H,20,21). The number of hydrogen-bond donors (Lipinski definition) is 1. The second kappa shape index (κ2) is 12.0. The van der Waals surface area contributed by atoms with Crippen molar-refractivity contribution < 1.29 is 28.5 Å². The third kappa shape index (κ3) is 7.21. The maximum Gasteiger partial charge on any atom is 0.305 e. The van der Waals surface area contributed by atoms with Crippen molar-refractivity contribution in [2.24, 2.45) is 0 Å². The highest BCUT2D eigenvalue weighted by Gasteiger charge is 2.13. The molecule has 0 fully saturated rings. The molecular weight excluding hydrogens is 338 g/mol. The number of amides is 1. The largest absolute Gasteiger partial charge is 0.493 e. The highest BCUT2D eigenvalue weighted by molar-refractivity contribution is 5.76. The van der Waals surface area contributed by atoms with Gasteiger partial charge in [-0.15, -0.1) is 0 Å². The number of nitrogens with one attached hydrogen (secondary N) is 1. The van der Waals surface area contributed by atoms with Crippen molar-refractivity contribution in [3.05, 3.63) is 17.7 Å². The minimum absolute atomic E-state index is 0.00767. The zero-order chi connectivity index (χ0) is 19.4. The predicted molar refractivity (Wildman–Crippen MR) is 97.9 cm³/mol. The van der Waals surface area contributed by atoms with E-state index in [4.69, 9.17) is 14.2 Å². The Kier molecular flexibility index (Phi) is 9.97. The average molecular weight is 367 g/mol. The van der Waals surface area contributed by atoms with Gasteiger partial charge in [-0.2, -0.15) is 0 Å². The summed E-state index contributed by atoms with van der Waals surface area (Å²) in [5.41, 5.74) is 0.938. The van der Waals surface area contributed by atoms with E-state index in [9.17, 15) is 9.59 Å².